The Morgan fingerprint density at radius 3 is 2.55 bits per heavy atom. The molecule has 2 fully saturated rings. The molecule has 2 N–H and O–H groups in total. The van der Waals surface area contributed by atoms with Gasteiger partial charge in [-0.05, 0) is 39.0 Å². The molecule has 5 nitrogen and oxygen atoms in total. The Labute approximate surface area is 120 Å². The molecular formula is C15H26N2O3. The van der Waals surface area contributed by atoms with Gasteiger partial charge in [0.25, 0.3) is 0 Å². The zero-order valence-electron chi connectivity index (χ0n) is 12.4. The van der Waals surface area contributed by atoms with Crippen LogP contribution in [0.4, 0.5) is 0 Å². The molecule has 1 saturated heterocycles. The highest BCUT2D eigenvalue weighted by molar-refractivity contribution is 5.90. The molecule has 1 heterocycles. The molecule has 1 unspecified atom stereocenters. The van der Waals surface area contributed by atoms with Gasteiger partial charge >= 0.3 is 5.97 Å². The maximum Gasteiger partial charge on any atom is 0.328 e. The molecule has 20 heavy (non-hydrogen) atoms. The van der Waals surface area contributed by atoms with E-state index in [1.807, 2.05) is 0 Å². The van der Waals surface area contributed by atoms with Crippen molar-refractivity contribution >= 4 is 11.9 Å². The summed E-state index contributed by atoms with van der Waals surface area (Å²) < 4.78 is 5.11. The fourth-order valence-corrected chi connectivity index (χ4v) is 3.34. The molecular weight excluding hydrogens is 256 g/mol. The van der Waals surface area contributed by atoms with Crippen molar-refractivity contribution in [3.8, 4) is 0 Å². The lowest BCUT2D eigenvalue weighted by atomic mass is 9.80. The molecule has 2 aliphatic rings. The van der Waals surface area contributed by atoms with Crippen LogP contribution >= 0.6 is 0 Å². The molecule has 1 aliphatic carbocycles. The monoisotopic (exact) mass is 282 g/mol. The summed E-state index contributed by atoms with van der Waals surface area (Å²) in [6.07, 6.45) is 7.22. The lowest BCUT2D eigenvalue weighted by Crippen LogP contribution is -2.61. The number of carbonyl (C=O) groups is 2. The van der Waals surface area contributed by atoms with Gasteiger partial charge in [0, 0.05) is 6.54 Å². The zero-order chi connectivity index (χ0) is 14.6. The predicted molar refractivity (Wildman–Crippen MR) is 76.0 cm³/mol. The summed E-state index contributed by atoms with van der Waals surface area (Å²) >= 11 is 0. The van der Waals surface area contributed by atoms with Gasteiger partial charge in [-0.3, -0.25) is 4.79 Å². The van der Waals surface area contributed by atoms with Crippen molar-refractivity contribution < 1.29 is 14.3 Å². The van der Waals surface area contributed by atoms with Crippen LogP contribution in [0.5, 0.6) is 0 Å². The third-order valence-corrected chi connectivity index (χ3v) is 4.49. The van der Waals surface area contributed by atoms with Gasteiger partial charge < -0.3 is 15.4 Å². The largest absolute Gasteiger partial charge is 0.464 e. The van der Waals surface area contributed by atoms with Crippen LogP contribution in [0.25, 0.3) is 0 Å². The number of hydrogen-bond acceptors (Lipinski definition) is 4. The minimum atomic E-state index is -0.764. The molecule has 5 heteroatoms. The van der Waals surface area contributed by atoms with Gasteiger partial charge in [0.05, 0.1) is 12.1 Å². The molecule has 1 amide bonds. The van der Waals surface area contributed by atoms with Gasteiger partial charge in [-0.25, -0.2) is 4.79 Å². The van der Waals surface area contributed by atoms with E-state index in [0.29, 0.717) is 19.6 Å². The zero-order valence-corrected chi connectivity index (χ0v) is 12.4. The number of amides is 1. The summed E-state index contributed by atoms with van der Waals surface area (Å²) in [6.45, 7) is 2.77. The van der Waals surface area contributed by atoms with Crippen LogP contribution < -0.4 is 5.73 Å². The number of nitrogens with zero attached hydrogens (tertiary/aromatic N) is 1. The Kier molecular flexibility index (Phi) is 5.02. The molecule has 0 bridgehead atoms. The smallest absolute Gasteiger partial charge is 0.328 e. The molecule has 0 radical (unpaired) electrons. The molecule has 0 aromatic carbocycles. The summed E-state index contributed by atoms with van der Waals surface area (Å²) in [6, 6.07) is -0.432. The Hall–Kier alpha value is -1.10. The van der Waals surface area contributed by atoms with Crippen LogP contribution in [0.1, 0.15) is 58.3 Å². The number of carbonyl (C=O) groups excluding carboxylic acids is 2. The van der Waals surface area contributed by atoms with Gasteiger partial charge in [0.15, 0.2) is 0 Å². The van der Waals surface area contributed by atoms with E-state index in [1.54, 1.807) is 11.8 Å². The Bertz CT molecular complexity index is 364. The SMILES string of the molecule is CCOC(=O)C1CCCCN1C(=O)C1(N)CCCCC1. The van der Waals surface area contributed by atoms with Crippen molar-refractivity contribution in [3.05, 3.63) is 0 Å². The van der Waals surface area contributed by atoms with Crippen molar-refractivity contribution in [1.29, 1.82) is 0 Å². The minimum Gasteiger partial charge on any atom is -0.464 e. The number of esters is 1. The summed E-state index contributed by atoms with van der Waals surface area (Å²) in [5.41, 5.74) is 5.56. The first-order chi connectivity index (χ1) is 9.58. The lowest BCUT2D eigenvalue weighted by Gasteiger charge is -2.41. The van der Waals surface area contributed by atoms with Crippen LogP contribution in [-0.2, 0) is 14.3 Å². The van der Waals surface area contributed by atoms with Crippen molar-refractivity contribution in [2.24, 2.45) is 5.73 Å². The number of ether oxygens (including phenoxy) is 1. The summed E-state index contributed by atoms with van der Waals surface area (Å²) in [5.74, 6) is -0.324. The van der Waals surface area contributed by atoms with Crippen molar-refractivity contribution in [2.45, 2.75) is 69.9 Å². The number of hydrogen-bond donors (Lipinski definition) is 1. The van der Waals surface area contributed by atoms with E-state index in [2.05, 4.69) is 0 Å². The van der Waals surface area contributed by atoms with E-state index in [4.69, 9.17) is 10.5 Å². The van der Waals surface area contributed by atoms with Crippen molar-refractivity contribution in [3.63, 3.8) is 0 Å². The average molecular weight is 282 g/mol. The van der Waals surface area contributed by atoms with E-state index in [-0.39, 0.29) is 11.9 Å². The quantitative estimate of drug-likeness (QED) is 0.798. The lowest BCUT2D eigenvalue weighted by molar-refractivity contribution is -0.159. The van der Waals surface area contributed by atoms with Gasteiger partial charge in [-0.2, -0.15) is 0 Å². The topological polar surface area (TPSA) is 72.6 Å². The number of piperidine rings is 1. The molecule has 1 aliphatic heterocycles. The highest BCUT2D eigenvalue weighted by Crippen LogP contribution is 2.30. The number of rotatable bonds is 3. The third-order valence-electron chi connectivity index (χ3n) is 4.49. The van der Waals surface area contributed by atoms with Gasteiger partial charge in [-0.1, -0.05) is 19.3 Å². The van der Waals surface area contributed by atoms with E-state index >= 15 is 0 Å². The van der Waals surface area contributed by atoms with Crippen LogP contribution in [0, 0.1) is 0 Å². The maximum absolute atomic E-state index is 12.8. The fraction of sp³-hybridized carbons (Fsp3) is 0.867. The van der Waals surface area contributed by atoms with E-state index in [1.165, 1.54) is 0 Å². The molecule has 1 saturated carbocycles. The Morgan fingerprint density at radius 1 is 1.20 bits per heavy atom. The van der Waals surface area contributed by atoms with Crippen LogP contribution in [0.2, 0.25) is 0 Å². The molecule has 0 spiro atoms. The first kappa shape index (κ1) is 15.3. The summed E-state index contributed by atoms with van der Waals surface area (Å²) in [5, 5.41) is 0. The second kappa shape index (κ2) is 6.57. The summed E-state index contributed by atoms with van der Waals surface area (Å²) in [7, 11) is 0. The average Bonchev–Trinajstić information content (AvgIpc) is 2.47. The number of likely N-dealkylation sites (tertiary alicyclic amines) is 1. The second-order valence-corrected chi connectivity index (χ2v) is 5.98. The molecule has 2 rings (SSSR count). The van der Waals surface area contributed by atoms with Gasteiger partial charge in [-0.15, -0.1) is 0 Å². The highest BCUT2D eigenvalue weighted by atomic mass is 16.5. The predicted octanol–water partition coefficient (Wildman–Crippen LogP) is 1.59. The first-order valence-electron chi connectivity index (χ1n) is 7.85. The second-order valence-electron chi connectivity index (χ2n) is 5.98. The molecule has 114 valence electrons. The molecule has 0 aromatic rings. The maximum atomic E-state index is 12.8. The van der Waals surface area contributed by atoms with Crippen LogP contribution in [-0.4, -0.2) is 41.5 Å². The first-order valence-corrected chi connectivity index (χ1v) is 7.85. The Morgan fingerprint density at radius 2 is 1.90 bits per heavy atom. The van der Waals surface area contributed by atoms with E-state index in [9.17, 15) is 9.59 Å². The van der Waals surface area contributed by atoms with Gasteiger partial charge in [0.2, 0.25) is 5.91 Å². The van der Waals surface area contributed by atoms with Crippen molar-refractivity contribution in [1.82, 2.24) is 4.90 Å². The fourth-order valence-electron chi connectivity index (χ4n) is 3.34. The van der Waals surface area contributed by atoms with E-state index < -0.39 is 11.6 Å². The summed E-state index contributed by atoms with van der Waals surface area (Å²) in [4.78, 5) is 26.5. The number of nitrogens with two attached hydrogens (primary N) is 1. The molecule has 0 aromatic heterocycles. The minimum absolute atomic E-state index is 0.0463. The highest BCUT2D eigenvalue weighted by Gasteiger charge is 2.43. The van der Waals surface area contributed by atoms with Gasteiger partial charge in [0.1, 0.15) is 6.04 Å². The third kappa shape index (κ3) is 3.14. The molecule has 1 atom stereocenters. The van der Waals surface area contributed by atoms with Crippen molar-refractivity contribution in [2.75, 3.05) is 13.2 Å². The van der Waals surface area contributed by atoms with Crippen LogP contribution in [0.15, 0.2) is 0 Å². The Balaban J connectivity index is 2.10. The normalized spacial score (nSPS) is 26.1. The van der Waals surface area contributed by atoms with Crippen LogP contribution in [0.3, 0.4) is 0 Å². The standard InChI is InChI=1S/C15H26N2O3/c1-2-20-13(18)12-8-4-7-11-17(12)14(19)15(16)9-5-3-6-10-15/h12H,2-11,16H2,1H3. The van der Waals surface area contributed by atoms with E-state index in [0.717, 1.165) is 44.9 Å².